The number of rotatable bonds is 8. The molecule has 0 aliphatic rings. The van der Waals surface area contributed by atoms with Gasteiger partial charge in [0.05, 0.1) is 24.5 Å². The number of ether oxygens (including phenoxy) is 1. The van der Waals surface area contributed by atoms with Crippen LogP contribution in [0.25, 0.3) is 0 Å². The summed E-state index contributed by atoms with van der Waals surface area (Å²) in [5.74, 6) is -0.877. The van der Waals surface area contributed by atoms with Crippen molar-refractivity contribution in [3.8, 4) is 0 Å². The zero-order valence-electron chi connectivity index (χ0n) is 14.3. The highest BCUT2D eigenvalue weighted by atomic mass is 32.2. The smallest absolute Gasteiger partial charge is 0.311 e. The first-order valence-corrected chi connectivity index (χ1v) is 10.4. The van der Waals surface area contributed by atoms with Crippen molar-refractivity contribution in [1.29, 1.82) is 0 Å². The lowest BCUT2D eigenvalue weighted by molar-refractivity contribution is -0.142. The topological polar surface area (TPSA) is 114 Å². The van der Waals surface area contributed by atoms with Gasteiger partial charge in [0, 0.05) is 16.6 Å². The number of sulfonamides is 1. The number of carbonyl (C=O) groups is 2. The van der Waals surface area contributed by atoms with Gasteiger partial charge in [-0.25, -0.2) is 13.4 Å². The van der Waals surface area contributed by atoms with E-state index in [1.165, 1.54) is 24.3 Å². The summed E-state index contributed by atoms with van der Waals surface area (Å²) in [6.07, 6.45) is 0.0362. The molecular weight excluding hydrogens is 378 g/mol. The van der Waals surface area contributed by atoms with Gasteiger partial charge in [-0.2, -0.15) is 0 Å². The van der Waals surface area contributed by atoms with E-state index in [1.807, 2.05) is 0 Å². The summed E-state index contributed by atoms with van der Waals surface area (Å²) in [6.45, 7) is 3.54. The van der Waals surface area contributed by atoms with Crippen LogP contribution in [0.1, 0.15) is 29.9 Å². The maximum absolute atomic E-state index is 12.3. The van der Waals surface area contributed by atoms with Crippen molar-refractivity contribution >= 4 is 44.1 Å². The van der Waals surface area contributed by atoms with Crippen LogP contribution in [-0.2, 0) is 26.0 Å². The third kappa shape index (κ3) is 5.81. The van der Waals surface area contributed by atoms with Crippen LogP contribution in [0.15, 0.2) is 29.6 Å². The Kier molecular flexibility index (Phi) is 6.70. The second-order valence-corrected chi connectivity index (χ2v) is 8.04. The number of carbonyl (C=O) groups excluding carboxylic acids is 2. The first kappa shape index (κ1) is 19.9. The lowest BCUT2D eigenvalue weighted by Crippen LogP contribution is -2.16. The predicted octanol–water partition coefficient (Wildman–Crippen LogP) is 2.26. The fourth-order valence-corrected chi connectivity index (χ4v) is 3.29. The summed E-state index contributed by atoms with van der Waals surface area (Å²) in [4.78, 5) is 27.9. The number of aromatic nitrogens is 1. The van der Waals surface area contributed by atoms with E-state index in [0.717, 1.165) is 0 Å². The minimum Gasteiger partial charge on any atom is -0.466 e. The summed E-state index contributed by atoms with van der Waals surface area (Å²) in [6, 6.07) is 6.14. The molecule has 1 heterocycles. The van der Waals surface area contributed by atoms with Crippen LogP contribution in [0.5, 0.6) is 0 Å². The molecule has 0 saturated heterocycles. The molecule has 2 N–H and O–H groups in total. The van der Waals surface area contributed by atoms with Crippen molar-refractivity contribution < 1.29 is 22.7 Å². The van der Waals surface area contributed by atoms with Crippen LogP contribution in [0.4, 0.5) is 10.8 Å². The second kappa shape index (κ2) is 8.77. The molecule has 0 aliphatic heterocycles. The van der Waals surface area contributed by atoms with Crippen LogP contribution in [0, 0.1) is 0 Å². The van der Waals surface area contributed by atoms with E-state index in [4.69, 9.17) is 4.74 Å². The van der Waals surface area contributed by atoms with Crippen LogP contribution in [-0.4, -0.2) is 37.6 Å². The van der Waals surface area contributed by atoms with Crippen LogP contribution < -0.4 is 10.0 Å². The largest absolute Gasteiger partial charge is 0.466 e. The van der Waals surface area contributed by atoms with E-state index < -0.39 is 15.9 Å². The van der Waals surface area contributed by atoms with Gasteiger partial charge in [-0.05, 0) is 32.0 Å². The second-order valence-electron chi connectivity index (χ2n) is 5.17. The molecule has 0 unspecified atom stereocenters. The van der Waals surface area contributed by atoms with Crippen LogP contribution in [0.3, 0.4) is 0 Å². The van der Waals surface area contributed by atoms with E-state index in [0.29, 0.717) is 23.1 Å². The highest BCUT2D eigenvalue weighted by Gasteiger charge is 2.13. The molecule has 0 spiro atoms. The van der Waals surface area contributed by atoms with Crippen molar-refractivity contribution in [1.82, 2.24) is 4.98 Å². The van der Waals surface area contributed by atoms with Gasteiger partial charge in [0.15, 0.2) is 5.13 Å². The molecule has 140 valence electrons. The fraction of sp³-hybridized carbons (Fsp3) is 0.312. The van der Waals surface area contributed by atoms with Crippen molar-refractivity contribution in [2.45, 2.75) is 20.3 Å². The van der Waals surface area contributed by atoms with Gasteiger partial charge in [-0.15, -0.1) is 11.3 Å². The highest BCUT2D eigenvalue weighted by molar-refractivity contribution is 7.92. The molecule has 0 atom stereocenters. The van der Waals surface area contributed by atoms with Crippen molar-refractivity contribution in [2.75, 3.05) is 22.4 Å². The number of nitrogens with zero attached hydrogens (tertiary/aromatic N) is 1. The quantitative estimate of drug-likeness (QED) is 0.661. The summed E-state index contributed by atoms with van der Waals surface area (Å²) in [5, 5.41) is 4.63. The Balaban J connectivity index is 2.04. The molecule has 1 aromatic carbocycles. The number of amides is 1. The maximum atomic E-state index is 12.3. The monoisotopic (exact) mass is 397 g/mol. The van der Waals surface area contributed by atoms with Crippen LogP contribution in [0.2, 0.25) is 0 Å². The Morgan fingerprint density at radius 3 is 2.73 bits per heavy atom. The molecule has 10 heteroatoms. The number of esters is 1. The standard InChI is InChI=1S/C16H19N3O5S2/c1-3-24-14(20)9-13-10-25-16(17-13)18-15(21)11-6-5-7-12(8-11)19-26(22,23)4-2/h5-8,10,19H,3-4,9H2,1-2H3,(H,17,18,21). The van der Waals surface area contributed by atoms with Crippen molar-refractivity contribution in [2.24, 2.45) is 0 Å². The van der Waals surface area contributed by atoms with Gasteiger partial charge in [0.2, 0.25) is 10.0 Å². The summed E-state index contributed by atoms with van der Waals surface area (Å²) < 4.78 is 30.5. The number of anilines is 2. The fourth-order valence-electron chi connectivity index (χ4n) is 1.95. The van der Waals surface area contributed by atoms with Gasteiger partial charge in [0.1, 0.15) is 0 Å². The first-order valence-electron chi connectivity index (χ1n) is 7.85. The van der Waals surface area contributed by atoms with Crippen molar-refractivity contribution in [3.63, 3.8) is 0 Å². The Hall–Kier alpha value is -2.46. The molecule has 2 aromatic rings. The minimum absolute atomic E-state index is 0.0362. The molecule has 0 radical (unpaired) electrons. The van der Waals surface area contributed by atoms with E-state index >= 15 is 0 Å². The number of hydrogen-bond acceptors (Lipinski definition) is 7. The average Bonchev–Trinajstić information content (AvgIpc) is 3.01. The van der Waals surface area contributed by atoms with E-state index in [1.54, 1.807) is 30.5 Å². The third-order valence-electron chi connectivity index (χ3n) is 3.18. The minimum atomic E-state index is -3.42. The SMILES string of the molecule is CCOC(=O)Cc1csc(NC(=O)c2cccc(NS(=O)(=O)CC)c2)n1. The Morgan fingerprint density at radius 2 is 2.04 bits per heavy atom. The molecule has 1 aromatic heterocycles. The predicted molar refractivity (Wildman–Crippen MR) is 99.9 cm³/mol. The third-order valence-corrected chi connectivity index (χ3v) is 5.29. The molecule has 0 fully saturated rings. The van der Waals surface area contributed by atoms with E-state index in [2.05, 4.69) is 15.0 Å². The average molecular weight is 397 g/mol. The van der Waals surface area contributed by atoms with Gasteiger partial charge in [-0.1, -0.05) is 6.07 Å². The molecule has 26 heavy (non-hydrogen) atoms. The zero-order chi connectivity index (χ0) is 19.2. The summed E-state index contributed by atoms with van der Waals surface area (Å²) in [5.41, 5.74) is 1.10. The molecule has 0 saturated carbocycles. The molecular formula is C16H19N3O5S2. The lowest BCUT2D eigenvalue weighted by atomic mass is 10.2. The number of benzene rings is 1. The maximum Gasteiger partial charge on any atom is 0.311 e. The number of nitrogens with one attached hydrogen (secondary N) is 2. The van der Waals surface area contributed by atoms with Gasteiger partial charge < -0.3 is 4.74 Å². The van der Waals surface area contributed by atoms with Gasteiger partial charge in [-0.3, -0.25) is 19.6 Å². The first-order chi connectivity index (χ1) is 12.3. The summed E-state index contributed by atoms with van der Waals surface area (Å²) >= 11 is 1.19. The van der Waals surface area contributed by atoms with Gasteiger partial charge in [0.25, 0.3) is 5.91 Å². The highest BCUT2D eigenvalue weighted by Crippen LogP contribution is 2.19. The normalized spacial score (nSPS) is 11.0. The summed E-state index contributed by atoms with van der Waals surface area (Å²) in [7, 11) is -3.42. The Bertz CT molecular complexity index is 893. The van der Waals surface area contributed by atoms with E-state index in [-0.39, 0.29) is 23.7 Å². The molecule has 8 nitrogen and oxygen atoms in total. The van der Waals surface area contributed by atoms with Crippen molar-refractivity contribution in [3.05, 3.63) is 40.9 Å². The Morgan fingerprint density at radius 1 is 1.27 bits per heavy atom. The molecule has 0 aliphatic carbocycles. The number of hydrogen-bond donors (Lipinski definition) is 2. The van der Waals surface area contributed by atoms with Gasteiger partial charge >= 0.3 is 5.97 Å². The molecule has 2 rings (SSSR count). The Labute approximate surface area is 155 Å². The van der Waals surface area contributed by atoms with E-state index in [9.17, 15) is 18.0 Å². The van der Waals surface area contributed by atoms with Crippen LogP contribution >= 0.6 is 11.3 Å². The molecule has 1 amide bonds. The lowest BCUT2D eigenvalue weighted by Gasteiger charge is -2.07. The number of thiazole rings is 1. The molecule has 0 bridgehead atoms. The zero-order valence-corrected chi connectivity index (χ0v) is 15.9.